The predicted octanol–water partition coefficient (Wildman–Crippen LogP) is 3.46. The molecule has 0 saturated carbocycles. The van der Waals surface area contributed by atoms with E-state index in [0.29, 0.717) is 42.5 Å². The van der Waals surface area contributed by atoms with Crippen molar-refractivity contribution in [1.29, 1.82) is 5.26 Å². The number of nitriles is 1. The highest BCUT2D eigenvalue weighted by molar-refractivity contribution is 5.95. The first-order valence-corrected chi connectivity index (χ1v) is 9.64. The van der Waals surface area contributed by atoms with E-state index in [4.69, 9.17) is 4.74 Å². The Morgan fingerprint density at radius 3 is 2.83 bits per heavy atom. The fraction of sp³-hybridized carbons (Fsp3) is 0.318. The molecule has 0 bridgehead atoms. The van der Waals surface area contributed by atoms with Crippen LogP contribution in [-0.2, 0) is 11.3 Å². The van der Waals surface area contributed by atoms with Gasteiger partial charge in [-0.15, -0.1) is 5.10 Å². The predicted molar refractivity (Wildman–Crippen MR) is 108 cm³/mol. The van der Waals surface area contributed by atoms with E-state index in [2.05, 4.69) is 26.5 Å². The number of nitrogens with zero attached hydrogens (tertiary/aromatic N) is 4. The van der Waals surface area contributed by atoms with Gasteiger partial charge in [-0.25, -0.2) is 4.39 Å². The van der Waals surface area contributed by atoms with Crippen molar-refractivity contribution < 1.29 is 9.13 Å². The molecular formula is C22H20FN5O. The van der Waals surface area contributed by atoms with Gasteiger partial charge in [-0.05, 0) is 43.2 Å². The highest BCUT2D eigenvalue weighted by atomic mass is 19.1. The summed E-state index contributed by atoms with van der Waals surface area (Å²) in [6, 6.07) is 11.5. The van der Waals surface area contributed by atoms with Gasteiger partial charge in [-0.1, -0.05) is 12.1 Å². The van der Waals surface area contributed by atoms with E-state index in [1.165, 1.54) is 0 Å². The number of anilines is 2. The van der Waals surface area contributed by atoms with Crippen LogP contribution in [0.4, 0.5) is 15.9 Å². The third kappa shape index (κ3) is 2.79. The number of aromatic nitrogens is 2. The van der Waals surface area contributed by atoms with Crippen molar-refractivity contribution in [2.24, 2.45) is 0 Å². The average Bonchev–Trinajstić information content (AvgIpc) is 2.70. The van der Waals surface area contributed by atoms with E-state index in [0.717, 1.165) is 21.9 Å². The number of ether oxygens (including phenoxy) is 1. The molecule has 2 aliphatic rings. The van der Waals surface area contributed by atoms with Crippen LogP contribution >= 0.6 is 0 Å². The monoisotopic (exact) mass is 389 g/mol. The molecule has 2 atom stereocenters. The zero-order chi connectivity index (χ0) is 20.1. The smallest absolute Gasteiger partial charge is 0.156 e. The minimum absolute atomic E-state index is 0.232. The van der Waals surface area contributed by atoms with Crippen molar-refractivity contribution in [3.63, 3.8) is 0 Å². The lowest BCUT2D eigenvalue weighted by molar-refractivity contribution is -0.113. The molecule has 0 amide bonds. The van der Waals surface area contributed by atoms with Gasteiger partial charge in [0.2, 0.25) is 0 Å². The summed E-state index contributed by atoms with van der Waals surface area (Å²) < 4.78 is 20.3. The van der Waals surface area contributed by atoms with Crippen LogP contribution < -0.4 is 10.2 Å². The second kappa shape index (κ2) is 6.68. The highest BCUT2D eigenvalue weighted by Crippen LogP contribution is 2.39. The Morgan fingerprint density at radius 1 is 1.28 bits per heavy atom. The lowest BCUT2D eigenvalue weighted by Crippen LogP contribution is -2.71. The zero-order valence-corrected chi connectivity index (χ0v) is 16.2. The number of rotatable bonds is 4. The highest BCUT2D eigenvalue weighted by Gasteiger charge is 2.48. The average molecular weight is 389 g/mol. The van der Waals surface area contributed by atoms with Crippen LogP contribution in [0.25, 0.3) is 10.8 Å². The van der Waals surface area contributed by atoms with Gasteiger partial charge in [0.15, 0.2) is 5.82 Å². The van der Waals surface area contributed by atoms with Gasteiger partial charge in [0, 0.05) is 23.9 Å². The first kappa shape index (κ1) is 17.8. The number of fused-ring (bicyclic) bond motifs is 2. The molecule has 2 unspecified atom stereocenters. The van der Waals surface area contributed by atoms with Crippen molar-refractivity contribution in [3.8, 4) is 6.07 Å². The quantitative estimate of drug-likeness (QED) is 0.737. The third-order valence-corrected chi connectivity index (χ3v) is 6.04. The first-order chi connectivity index (χ1) is 14.1. The van der Waals surface area contributed by atoms with Crippen LogP contribution in [0.1, 0.15) is 22.4 Å². The molecule has 5 rings (SSSR count). The Morgan fingerprint density at radius 2 is 2.14 bits per heavy atom. The number of morpholine rings is 1. The van der Waals surface area contributed by atoms with Gasteiger partial charge in [0.05, 0.1) is 41.8 Å². The number of aryl methyl sites for hydroxylation is 1. The van der Waals surface area contributed by atoms with Gasteiger partial charge in [0.25, 0.3) is 0 Å². The second-order valence-electron chi connectivity index (χ2n) is 7.63. The maximum atomic E-state index is 14.8. The number of benzene rings is 2. The summed E-state index contributed by atoms with van der Waals surface area (Å²) in [5.41, 5.74) is 3.88. The minimum atomic E-state index is -0.248. The third-order valence-electron chi connectivity index (χ3n) is 6.04. The summed E-state index contributed by atoms with van der Waals surface area (Å²) in [5, 5.41) is 22.7. The number of hydrogen-bond donors (Lipinski definition) is 1. The molecule has 7 heteroatoms. The van der Waals surface area contributed by atoms with E-state index in [9.17, 15) is 9.65 Å². The molecule has 2 saturated heterocycles. The van der Waals surface area contributed by atoms with Crippen LogP contribution in [0.5, 0.6) is 0 Å². The van der Waals surface area contributed by atoms with Crippen LogP contribution in [0.2, 0.25) is 0 Å². The van der Waals surface area contributed by atoms with Crippen molar-refractivity contribution in [3.05, 3.63) is 58.5 Å². The number of halogens is 1. The van der Waals surface area contributed by atoms with Gasteiger partial charge < -0.3 is 15.0 Å². The zero-order valence-electron chi connectivity index (χ0n) is 16.2. The molecule has 2 aliphatic heterocycles. The van der Waals surface area contributed by atoms with Gasteiger partial charge in [-0.3, -0.25) is 0 Å². The van der Waals surface area contributed by atoms with Crippen molar-refractivity contribution in [2.45, 2.75) is 32.5 Å². The maximum absolute atomic E-state index is 14.8. The molecule has 2 aromatic carbocycles. The minimum Gasteiger partial charge on any atom is -0.372 e. The summed E-state index contributed by atoms with van der Waals surface area (Å²) in [4.78, 5) is 2.06. The molecule has 0 spiro atoms. The summed E-state index contributed by atoms with van der Waals surface area (Å²) in [6.45, 7) is 5.63. The molecule has 1 N–H and O–H groups in total. The van der Waals surface area contributed by atoms with Crippen LogP contribution in [0, 0.1) is 31.0 Å². The standard InChI is InChI=1S/C22H20FN5O/c1-12-14(8-24)4-3-5-15(12)9-25-22-17-7-19(28-10-21-20(28)11-29-21)18(23)6-16(17)13(2)26-27-22/h3-7,20-21H,9-11H2,1-2H3,(H,25,27). The maximum Gasteiger partial charge on any atom is 0.156 e. The Labute approximate surface area is 167 Å². The molecule has 1 aromatic heterocycles. The molecule has 6 nitrogen and oxygen atoms in total. The molecule has 2 fully saturated rings. The largest absolute Gasteiger partial charge is 0.372 e. The van der Waals surface area contributed by atoms with Crippen LogP contribution in [-0.4, -0.2) is 35.5 Å². The summed E-state index contributed by atoms with van der Waals surface area (Å²) in [5.74, 6) is 0.359. The van der Waals surface area contributed by atoms with Crippen LogP contribution in [0.15, 0.2) is 30.3 Å². The van der Waals surface area contributed by atoms with Crippen LogP contribution in [0.3, 0.4) is 0 Å². The number of nitrogens with one attached hydrogen (secondary N) is 1. The Balaban J connectivity index is 1.50. The Kier molecular flexibility index (Phi) is 4.10. The van der Waals surface area contributed by atoms with E-state index in [1.54, 1.807) is 12.1 Å². The fourth-order valence-corrected chi connectivity index (χ4v) is 4.07. The lowest BCUT2D eigenvalue weighted by atomic mass is 9.93. The number of hydrogen-bond acceptors (Lipinski definition) is 6. The van der Waals surface area contributed by atoms with Gasteiger partial charge >= 0.3 is 0 Å². The van der Waals surface area contributed by atoms with Gasteiger partial charge in [-0.2, -0.15) is 10.4 Å². The fourth-order valence-electron chi connectivity index (χ4n) is 4.07. The van der Waals surface area contributed by atoms with Crippen molar-refractivity contribution in [2.75, 3.05) is 23.4 Å². The first-order valence-electron chi connectivity index (χ1n) is 9.64. The molecule has 0 radical (unpaired) electrons. The second-order valence-corrected chi connectivity index (χ2v) is 7.63. The molecule has 29 heavy (non-hydrogen) atoms. The summed E-state index contributed by atoms with van der Waals surface area (Å²) in [7, 11) is 0. The summed E-state index contributed by atoms with van der Waals surface area (Å²) >= 11 is 0. The van der Waals surface area contributed by atoms with Crippen molar-refractivity contribution in [1.82, 2.24) is 10.2 Å². The molecule has 146 valence electrons. The topological polar surface area (TPSA) is 74.1 Å². The Bertz CT molecular complexity index is 1170. The Hall–Kier alpha value is -3.24. The summed E-state index contributed by atoms with van der Waals surface area (Å²) in [6.07, 6.45) is 0.232. The van der Waals surface area contributed by atoms with Crippen molar-refractivity contribution >= 4 is 22.3 Å². The normalized spacial score (nSPS) is 19.9. The SMILES string of the molecule is Cc1c(C#N)cccc1CNc1nnc(C)c2cc(F)c(N3CC4OCC43)cc12. The molecule has 3 aromatic rings. The van der Waals surface area contributed by atoms with Gasteiger partial charge in [0.1, 0.15) is 5.82 Å². The molecule has 0 aliphatic carbocycles. The van der Waals surface area contributed by atoms with E-state index in [1.807, 2.05) is 32.0 Å². The lowest BCUT2D eigenvalue weighted by Gasteiger charge is -2.56. The van der Waals surface area contributed by atoms with E-state index in [-0.39, 0.29) is 18.0 Å². The molecule has 3 heterocycles. The molecular weight excluding hydrogens is 369 g/mol. The van der Waals surface area contributed by atoms with E-state index >= 15 is 0 Å². The van der Waals surface area contributed by atoms with E-state index < -0.39 is 0 Å².